The molecule has 0 aromatic heterocycles. The quantitative estimate of drug-likeness (QED) is 0.707. The van der Waals surface area contributed by atoms with Crippen LogP contribution in [0.3, 0.4) is 0 Å². The van der Waals surface area contributed by atoms with Crippen LogP contribution in [0.4, 0.5) is 10.1 Å². The average molecular weight is 434 g/mol. The molecule has 9 heteroatoms. The topological polar surface area (TPSA) is 84.9 Å². The van der Waals surface area contributed by atoms with Crippen LogP contribution in [0, 0.1) is 12.7 Å². The number of hydrogen-bond donors (Lipinski definition) is 1. The number of methoxy groups -OCH3 is 1. The Balaban J connectivity index is 1.80. The van der Waals surface area contributed by atoms with Crippen LogP contribution < -0.4 is 10.1 Å². The normalized spacial score (nSPS) is 15.3. The third kappa shape index (κ3) is 5.05. The molecule has 1 aliphatic rings. The summed E-state index contributed by atoms with van der Waals surface area (Å²) < 4.78 is 51.4. The molecule has 0 unspecified atom stereocenters. The van der Waals surface area contributed by atoms with Gasteiger partial charge in [-0.3, -0.25) is 4.79 Å². The Bertz CT molecular complexity index is 1060. The van der Waals surface area contributed by atoms with Crippen LogP contribution in [0.25, 0.3) is 6.08 Å². The molecular weight excluding hydrogens is 411 g/mol. The molecule has 160 valence electrons. The molecule has 2 aromatic carbocycles. The minimum Gasteiger partial charge on any atom is -0.495 e. The number of ether oxygens (including phenoxy) is 2. The van der Waals surface area contributed by atoms with Crippen molar-refractivity contribution in [2.45, 2.75) is 11.8 Å². The zero-order valence-electron chi connectivity index (χ0n) is 16.7. The van der Waals surface area contributed by atoms with Gasteiger partial charge in [0.2, 0.25) is 15.9 Å². The van der Waals surface area contributed by atoms with E-state index in [1.54, 1.807) is 31.2 Å². The summed E-state index contributed by atoms with van der Waals surface area (Å²) in [5.74, 6) is -0.658. The molecule has 1 N–H and O–H groups in total. The van der Waals surface area contributed by atoms with E-state index < -0.39 is 21.7 Å². The number of anilines is 1. The van der Waals surface area contributed by atoms with Gasteiger partial charge in [-0.2, -0.15) is 4.31 Å². The van der Waals surface area contributed by atoms with Gasteiger partial charge in [0.15, 0.2) is 0 Å². The number of nitrogens with one attached hydrogen (secondary N) is 1. The van der Waals surface area contributed by atoms with Gasteiger partial charge in [-0.15, -0.1) is 0 Å². The largest absolute Gasteiger partial charge is 0.495 e. The molecule has 2 aromatic rings. The minimum atomic E-state index is -3.77. The smallest absolute Gasteiger partial charge is 0.248 e. The highest BCUT2D eigenvalue weighted by molar-refractivity contribution is 7.89. The summed E-state index contributed by atoms with van der Waals surface area (Å²) >= 11 is 0. The van der Waals surface area contributed by atoms with Crippen LogP contribution in [-0.2, 0) is 19.6 Å². The highest BCUT2D eigenvalue weighted by atomic mass is 32.2. The van der Waals surface area contributed by atoms with E-state index in [9.17, 15) is 17.6 Å². The third-order valence-corrected chi connectivity index (χ3v) is 6.56. The number of nitrogens with zero attached hydrogens (tertiary/aromatic N) is 1. The number of morpholine rings is 1. The summed E-state index contributed by atoms with van der Waals surface area (Å²) in [6, 6.07) is 9.05. The van der Waals surface area contributed by atoms with E-state index in [4.69, 9.17) is 9.47 Å². The maximum atomic E-state index is 13.6. The van der Waals surface area contributed by atoms with Gasteiger partial charge < -0.3 is 14.8 Å². The van der Waals surface area contributed by atoms with Crippen LogP contribution in [0.15, 0.2) is 47.4 Å². The number of benzene rings is 2. The molecule has 0 aliphatic carbocycles. The summed E-state index contributed by atoms with van der Waals surface area (Å²) in [5, 5.41) is 2.57. The van der Waals surface area contributed by atoms with Crippen molar-refractivity contribution in [3.05, 3.63) is 59.4 Å². The van der Waals surface area contributed by atoms with Crippen molar-refractivity contribution in [3.8, 4) is 5.75 Å². The molecule has 0 spiro atoms. The van der Waals surface area contributed by atoms with Gasteiger partial charge in [-0.1, -0.05) is 12.1 Å². The van der Waals surface area contributed by atoms with Crippen LogP contribution in [0.2, 0.25) is 0 Å². The molecular formula is C21H23FN2O5S. The summed E-state index contributed by atoms with van der Waals surface area (Å²) in [4.78, 5) is 12.2. The molecule has 1 heterocycles. The Hall–Kier alpha value is -2.75. The van der Waals surface area contributed by atoms with Gasteiger partial charge in [0.1, 0.15) is 16.5 Å². The molecule has 0 bridgehead atoms. The van der Waals surface area contributed by atoms with Gasteiger partial charge >= 0.3 is 0 Å². The fourth-order valence-corrected chi connectivity index (χ4v) is 4.55. The summed E-state index contributed by atoms with van der Waals surface area (Å²) in [7, 11) is -2.37. The van der Waals surface area contributed by atoms with Gasteiger partial charge in [0, 0.05) is 24.9 Å². The van der Waals surface area contributed by atoms with E-state index in [1.807, 2.05) is 0 Å². The summed E-state index contributed by atoms with van der Waals surface area (Å²) in [6.45, 7) is 2.83. The number of hydrogen-bond acceptors (Lipinski definition) is 5. The summed E-state index contributed by atoms with van der Waals surface area (Å²) in [5.41, 5.74) is 1.32. The standard InChI is InChI=1S/C21H23FN2O5S/c1-15-3-6-17(14-18(15)22)23-21(25)8-5-16-4-7-19(28-2)20(13-16)30(26,27)24-9-11-29-12-10-24/h3-8,13-14H,9-12H2,1-2H3,(H,23,25)/b8-5+. The first-order valence-corrected chi connectivity index (χ1v) is 10.8. The van der Waals surface area contributed by atoms with Crippen molar-refractivity contribution in [1.82, 2.24) is 4.31 Å². The van der Waals surface area contributed by atoms with Crippen molar-refractivity contribution < 1.29 is 27.1 Å². The molecule has 7 nitrogen and oxygen atoms in total. The van der Waals surface area contributed by atoms with Crippen LogP contribution in [-0.4, -0.2) is 52.0 Å². The average Bonchev–Trinajstić information content (AvgIpc) is 2.75. The SMILES string of the molecule is COc1ccc(/C=C/C(=O)Nc2ccc(C)c(F)c2)cc1S(=O)(=O)N1CCOCC1. The zero-order chi connectivity index (χ0) is 21.7. The van der Waals surface area contributed by atoms with Gasteiger partial charge in [-0.05, 0) is 48.4 Å². The first kappa shape index (κ1) is 21.9. The molecule has 0 radical (unpaired) electrons. The number of sulfonamides is 1. The highest BCUT2D eigenvalue weighted by Crippen LogP contribution is 2.29. The molecule has 1 fully saturated rings. The Morgan fingerprint density at radius 2 is 1.93 bits per heavy atom. The van der Waals surface area contributed by atoms with E-state index in [0.717, 1.165) is 0 Å². The second-order valence-electron chi connectivity index (χ2n) is 6.71. The minimum absolute atomic E-state index is 0.0232. The zero-order valence-corrected chi connectivity index (χ0v) is 17.5. The van der Waals surface area contributed by atoms with Gasteiger partial charge in [0.25, 0.3) is 0 Å². The number of rotatable bonds is 6. The van der Waals surface area contributed by atoms with E-state index in [0.29, 0.717) is 30.0 Å². The molecule has 30 heavy (non-hydrogen) atoms. The first-order chi connectivity index (χ1) is 14.3. The molecule has 3 rings (SSSR count). The molecule has 0 saturated carbocycles. The lowest BCUT2D eigenvalue weighted by Crippen LogP contribution is -2.40. The number of aryl methyl sites for hydroxylation is 1. The van der Waals surface area contributed by atoms with E-state index >= 15 is 0 Å². The molecule has 1 saturated heterocycles. The van der Waals surface area contributed by atoms with Crippen molar-refractivity contribution in [2.24, 2.45) is 0 Å². The number of amides is 1. The van der Waals surface area contributed by atoms with E-state index in [1.165, 1.54) is 35.7 Å². The van der Waals surface area contributed by atoms with E-state index in [2.05, 4.69) is 5.32 Å². The van der Waals surface area contributed by atoms with Crippen molar-refractivity contribution in [1.29, 1.82) is 0 Å². The predicted molar refractivity (Wildman–Crippen MR) is 111 cm³/mol. The van der Waals surface area contributed by atoms with E-state index in [-0.39, 0.29) is 23.7 Å². The highest BCUT2D eigenvalue weighted by Gasteiger charge is 2.29. The molecule has 0 atom stereocenters. The van der Waals surface area contributed by atoms with Crippen molar-refractivity contribution in [3.63, 3.8) is 0 Å². The Morgan fingerprint density at radius 1 is 1.20 bits per heavy atom. The van der Waals surface area contributed by atoms with Crippen molar-refractivity contribution >= 4 is 27.7 Å². The number of carbonyl (C=O) groups excluding carboxylic acids is 1. The fraction of sp³-hybridized carbons (Fsp3) is 0.286. The van der Waals surface area contributed by atoms with Crippen molar-refractivity contribution in [2.75, 3.05) is 38.7 Å². The fourth-order valence-electron chi connectivity index (χ4n) is 2.95. The van der Waals surface area contributed by atoms with Crippen LogP contribution in [0.1, 0.15) is 11.1 Å². The molecule has 1 aliphatic heterocycles. The summed E-state index contributed by atoms with van der Waals surface area (Å²) in [6.07, 6.45) is 2.74. The monoisotopic (exact) mass is 434 g/mol. The van der Waals surface area contributed by atoms with Gasteiger partial charge in [-0.25, -0.2) is 12.8 Å². The lowest BCUT2D eigenvalue weighted by atomic mass is 10.2. The van der Waals surface area contributed by atoms with Crippen LogP contribution >= 0.6 is 0 Å². The maximum Gasteiger partial charge on any atom is 0.248 e. The maximum absolute atomic E-state index is 13.6. The van der Waals surface area contributed by atoms with Gasteiger partial charge in [0.05, 0.1) is 20.3 Å². The molecule has 1 amide bonds. The Kier molecular flexibility index (Phi) is 6.86. The Labute approximate surface area is 175 Å². The first-order valence-electron chi connectivity index (χ1n) is 9.32. The second-order valence-corrected chi connectivity index (χ2v) is 8.62. The number of carbonyl (C=O) groups is 1. The van der Waals surface area contributed by atoms with Crippen LogP contribution in [0.5, 0.6) is 5.75 Å². The Morgan fingerprint density at radius 3 is 2.60 bits per heavy atom. The predicted octanol–water partition coefficient (Wildman–Crippen LogP) is 2.82. The third-order valence-electron chi connectivity index (χ3n) is 4.64. The lowest BCUT2D eigenvalue weighted by Gasteiger charge is -2.26. The lowest BCUT2D eigenvalue weighted by molar-refractivity contribution is -0.111. The second kappa shape index (κ2) is 9.38. The number of halogens is 1.